The van der Waals surface area contributed by atoms with Crippen LogP contribution in [-0.2, 0) is 17.8 Å². The number of carboxylic acids is 1. The molecule has 0 atom stereocenters. The molecule has 0 saturated carbocycles. The molecule has 1 N–H and O–H groups in total. The van der Waals surface area contributed by atoms with Crippen molar-refractivity contribution in [3.8, 4) is 0 Å². The van der Waals surface area contributed by atoms with E-state index in [0.29, 0.717) is 36.6 Å². The number of carbonyl (C=O) groups is 1. The van der Waals surface area contributed by atoms with Crippen LogP contribution in [0.15, 0.2) is 4.52 Å². The summed E-state index contributed by atoms with van der Waals surface area (Å²) in [6.07, 6.45) is 0.746. The lowest BCUT2D eigenvalue weighted by atomic mass is 10.1. The first-order valence-electron chi connectivity index (χ1n) is 6.62. The Morgan fingerprint density at radius 1 is 1.32 bits per heavy atom. The smallest absolute Gasteiger partial charge is 0.317 e. The molecule has 1 heterocycles. The lowest BCUT2D eigenvalue weighted by Crippen LogP contribution is -2.32. The van der Waals surface area contributed by atoms with E-state index in [9.17, 15) is 4.79 Å². The summed E-state index contributed by atoms with van der Waals surface area (Å²) in [6, 6.07) is 0. The van der Waals surface area contributed by atoms with Crippen molar-refractivity contribution >= 4 is 5.97 Å². The fraction of sp³-hybridized carbons (Fsp3) is 0.769. The molecule has 0 spiro atoms. The van der Waals surface area contributed by atoms with Gasteiger partial charge in [0.1, 0.15) is 0 Å². The van der Waals surface area contributed by atoms with Crippen molar-refractivity contribution in [2.75, 3.05) is 13.1 Å². The third-order valence-corrected chi connectivity index (χ3v) is 2.44. The number of nitrogens with zero attached hydrogens (tertiary/aromatic N) is 3. The highest BCUT2D eigenvalue weighted by Gasteiger charge is 2.16. The molecule has 1 aromatic heterocycles. The van der Waals surface area contributed by atoms with E-state index in [1.807, 2.05) is 4.90 Å². The first-order chi connectivity index (χ1) is 8.86. The van der Waals surface area contributed by atoms with Gasteiger partial charge in [-0.05, 0) is 11.8 Å². The molecule has 0 unspecified atom stereocenters. The lowest BCUT2D eigenvalue weighted by molar-refractivity contribution is -0.138. The van der Waals surface area contributed by atoms with E-state index in [1.165, 1.54) is 0 Å². The largest absolute Gasteiger partial charge is 0.480 e. The molecule has 0 aliphatic heterocycles. The molecule has 1 aromatic rings. The average Bonchev–Trinajstić information content (AvgIpc) is 2.61. The Morgan fingerprint density at radius 3 is 2.53 bits per heavy atom. The van der Waals surface area contributed by atoms with Crippen LogP contribution in [0.4, 0.5) is 0 Å². The molecule has 0 radical (unpaired) electrons. The number of carboxylic acid groups (broad SMARTS) is 1. The molecule has 0 aliphatic rings. The van der Waals surface area contributed by atoms with Gasteiger partial charge in [-0.25, -0.2) is 0 Å². The van der Waals surface area contributed by atoms with Gasteiger partial charge in [-0.15, -0.1) is 0 Å². The maximum atomic E-state index is 10.8. The maximum Gasteiger partial charge on any atom is 0.317 e. The van der Waals surface area contributed by atoms with Gasteiger partial charge in [0.05, 0.1) is 13.1 Å². The van der Waals surface area contributed by atoms with Crippen molar-refractivity contribution < 1.29 is 14.4 Å². The van der Waals surface area contributed by atoms with E-state index in [0.717, 1.165) is 6.42 Å². The molecular formula is C13H23N3O3. The Hall–Kier alpha value is -1.43. The van der Waals surface area contributed by atoms with Gasteiger partial charge in [0.2, 0.25) is 5.89 Å². The van der Waals surface area contributed by atoms with E-state index in [1.54, 1.807) is 0 Å². The predicted molar refractivity (Wildman–Crippen MR) is 70.6 cm³/mol. The summed E-state index contributed by atoms with van der Waals surface area (Å²) in [4.78, 5) is 16.9. The highest BCUT2D eigenvalue weighted by molar-refractivity contribution is 5.69. The highest BCUT2D eigenvalue weighted by Crippen LogP contribution is 2.08. The molecule has 0 aliphatic carbocycles. The van der Waals surface area contributed by atoms with Gasteiger partial charge in [-0.1, -0.05) is 32.9 Å². The summed E-state index contributed by atoms with van der Waals surface area (Å²) >= 11 is 0. The molecule has 1 rings (SSSR count). The van der Waals surface area contributed by atoms with Crippen LogP contribution >= 0.6 is 0 Å². The van der Waals surface area contributed by atoms with Gasteiger partial charge >= 0.3 is 5.97 Å². The molecule has 108 valence electrons. The zero-order chi connectivity index (χ0) is 14.4. The van der Waals surface area contributed by atoms with Crippen LogP contribution in [0, 0.1) is 11.8 Å². The third kappa shape index (κ3) is 6.33. The molecule has 6 nitrogen and oxygen atoms in total. The maximum absolute atomic E-state index is 10.8. The Kier molecular flexibility index (Phi) is 5.95. The molecule has 19 heavy (non-hydrogen) atoms. The summed E-state index contributed by atoms with van der Waals surface area (Å²) in [5.41, 5.74) is 0. The van der Waals surface area contributed by atoms with Gasteiger partial charge in [-0.2, -0.15) is 4.98 Å². The topological polar surface area (TPSA) is 79.5 Å². The SMILES string of the molecule is CC(C)Cc1nc(CN(CC(=O)O)CC(C)C)no1. The van der Waals surface area contributed by atoms with Crippen LogP contribution in [0.2, 0.25) is 0 Å². The summed E-state index contributed by atoms with van der Waals surface area (Å²) in [5, 5.41) is 12.8. The summed E-state index contributed by atoms with van der Waals surface area (Å²) < 4.78 is 5.15. The van der Waals surface area contributed by atoms with E-state index >= 15 is 0 Å². The minimum atomic E-state index is -0.841. The van der Waals surface area contributed by atoms with E-state index in [-0.39, 0.29) is 6.54 Å². The van der Waals surface area contributed by atoms with Crippen molar-refractivity contribution in [2.45, 2.75) is 40.7 Å². The second-order valence-electron chi connectivity index (χ2n) is 5.66. The molecule has 0 bridgehead atoms. The first kappa shape index (κ1) is 15.6. The molecule has 0 aromatic carbocycles. The van der Waals surface area contributed by atoms with Gasteiger partial charge in [0, 0.05) is 13.0 Å². The fourth-order valence-electron chi connectivity index (χ4n) is 1.88. The van der Waals surface area contributed by atoms with Crippen LogP contribution in [0.5, 0.6) is 0 Å². The van der Waals surface area contributed by atoms with Crippen LogP contribution in [-0.4, -0.2) is 39.2 Å². The van der Waals surface area contributed by atoms with Gasteiger partial charge in [0.15, 0.2) is 5.82 Å². The quantitative estimate of drug-likeness (QED) is 0.775. The van der Waals surface area contributed by atoms with E-state index in [2.05, 4.69) is 37.8 Å². The van der Waals surface area contributed by atoms with Crippen molar-refractivity contribution in [3.63, 3.8) is 0 Å². The Balaban J connectivity index is 2.62. The molecule has 0 amide bonds. The second kappa shape index (κ2) is 7.23. The normalized spacial score (nSPS) is 11.7. The van der Waals surface area contributed by atoms with Gasteiger partial charge in [-0.3, -0.25) is 9.69 Å². The van der Waals surface area contributed by atoms with Crippen molar-refractivity contribution in [3.05, 3.63) is 11.7 Å². The minimum absolute atomic E-state index is 0.00770. The average molecular weight is 269 g/mol. The molecule has 6 heteroatoms. The molecule has 0 fully saturated rings. The highest BCUT2D eigenvalue weighted by atomic mass is 16.5. The van der Waals surface area contributed by atoms with Crippen molar-refractivity contribution in [1.82, 2.24) is 15.0 Å². The standard InChI is InChI=1S/C13H23N3O3/c1-9(2)5-12-14-11(15-19-12)7-16(6-10(3)4)8-13(17)18/h9-10H,5-8H2,1-4H3,(H,17,18). The summed E-state index contributed by atoms with van der Waals surface area (Å²) in [7, 11) is 0. The zero-order valence-corrected chi connectivity index (χ0v) is 12.1. The van der Waals surface area contributed by atoms with Crippen LogP contribution < -0.4 is 0 Å². The van der Waals surface area contributed by atoms with Crippen LogP contribution in [0.3, 0.4) is 0 Å². The van der Waals surface area contributed by atoms with Crippen LogP contribution in [0.1, 0.15) is 39.4 Å². The van der Waals surface area contributed by atoms with Crippen LogP contribution in [0.25, 0.3) is 0 Å². The minimum Gasteiger partial charge on any atom is -0.480 e. The molecular weight excluding hydrogens is 246 g/mol. The monoisotopic (exact) mass is 269 g/mol. The van der Waals surface area contributed by atoms with Crippen molar-refractivity contribution in [1.29, 1.82) is 0 Å². The summed E-state index contributed by atoms with van der Waals surface area (Å²) in [5.74, 6) is 1.18. The Labute approximate surface area is 113 Å². The van der Waals surface area contributed by atoms with Gasteiger partial charge < -0.3 is 9.63 Å². The van der Waals surface area contributed by atoms with Gasteiger partial charge in [0.25, 0.3) is 0 Å². The third-order valence-electron chi connectivity index (χ3n) is 2.44. The number of hydrogen-bond acceptors (Lipinski definition) is 5. The Bertz CT molecular complexity index is 402. The number of rotatable bonds is 8. The second-order valence-corrected chi connectivity index (χ2v) is 5.66. The lowest BCUT2D eigenvalue weighted by Gasteiger charge is -2.20. The number of hydrogen-bond donors (Lipinski definition) is 1. The van der Waals surface area contributed by atoms with E-state index in [4.69, 9.17) is 9.63 Å². The molecule has 0 saturated heterocycles. The van der Waals surface area contributed by atoms with E-state index < -0.39 is 5.97 Å². The zero-order valence-electron chi connectivity index (χ0n) is 12.1. The number of aliphatic carboxylic acids is 1. The first-order valence-corrected chi connectivity index (χ1v) is 6.62. The number of aromatic nitrogens is 2. The predicted octanol–water partition coefficient (Wildman–Crippen LogP) is 1.81. The summed E-state index contributed by atoms with van der Waals surface area (Å²) in [6.45, 7) is 9.36. The fourth-order valence-corrected chi connectivity index (χ4v) is 1.88. The Morgan fingerprint density at radius 2 is 2.00 bits per heavy atom. The van der Waals surface area contributed by atoms with Crippen molar-refractivity contribution in [2.24, 2.45) is 11.8 Å².